The minimum Gasteiger partial charge on any atom is -0.496 e. The maximum absolute atomic E-state index is 11.2. The number of hydrogen-bond acceptors (Lipinski definition) is 5. The van der Waals surface area contributed by atoms with Crippen LogP contribution in [0.1, 0.15) is 12.5 Å². The fraction of sp³-hybridized carbons (Fsp3) is 0.500. The number of nitro benzene ring substituents is 1. The number of rotatable bonds is 8. The number of benzene rings is 1. The molecule has 0 bridgehead atoms. The molecular formula is C12H18N2O4S. The monoisotopic (exact) mass is 286 g/mol. The molecule has 1 rings (SSSR count). The van der Waals surface area contributed by atoms with E-state index < -0.39 is 15.7 Å². The van der Waals surface area contributed by atoms with Crippen molar-refractivity contribution in [1.29, 1.82) is 0 Å². The Morgan fingerprint density at radius 3 is 2.79 bits per heavy atom. The van der Waals surface area contributed by atoms with Crippen molar-refractivity contribution in [2.24, 2.45) is 0 Å². The van der Waals surface area contributed by atoms with Gasteiger partial charge in [0.05, 0.1) is 12.0 Å². The Balaban J connectivity index is 2.62. The van der Waals surface area contributed by atoms with Crippen LogP contribution in [0.15, 0.2) is 18.2 Å². The highest BCUT2D eigenvalue weighted by Gasteiger charge is 2.10. The van der Waals surface area contributed by atoms with Crippen LogP contribution in [0.5, 0.6) is 5.75 Å². The quantitative estimate of drug-likeness (QED) is 0.444. The first-order valence-corrected chi connectivity index (χ1v) is 7.44. The Labute approximate surface area is 114 Å². The van der Waals surface area contributed by atoms with Crippen LogP contribution in [0, 0.1) is 10.1 Å². The Hall–Kier alpha value is -1.47. The largest absolute Gasteiger partial charge is 0.496 e. The van der Waals surface area contributed by atoms with Crippen LogP contribution in [-0.4, -0.2) is 34.3 Å². The van der Waals surface area contributed by atoms with Crippen molar-refractivity contribution in [3.05, 3.63) is 33.9 Å². The molecule has 1 aromatic carbocycles. The van der Waals surface area contributed by atoms with Crippen molar-refractivity contribution in [3.63, 3.8) is 0 Å². The van der Waals surface area contributed by atoms with Gasteiger partial charge < -0.3 is 10.1 Å². The summed E-state index contributed by atoms with van der Waals surface area (Å²) in [5.41, 5.74) is 0.758. The number of ether oxygens (including phenoxy) is 1. The van der Waals surface area contributed by atoms with Crippen molar-refractivity contribution >= 4 is 16.5 Å². The predicted octanol–water partition coefficient (Wildman–Crippen LogP) is 1.46. The van der Waals surface area contributed by atoms with E-state index in [0.717, 1.165) is 5.56 Å². The maximum Gasteiger partial charge on any atom is 0.270 e. The van der Waals surface area contributed by atoms with E-state index in [1.807, 2.05) is 6.92 Å². The van der Waals surface area contributed by atoms with E-state index in [2.05, 4.69) is 5.32 Å². The van der Waals surface area contributed by atoms with E-state index in [1.165, 1.54) is 19.2 Å². The van der Waals surface area contributed by atoms with Gasteiger partial charge in [0.25, 0.3) is 5.69 Å². The molecule has 6 nitrogen and oxygen atoms in total. The van der Waals surface area contributed by atoms with E-state index in [9.17, 15) is 14.3 Å². The lowest BCUT2D eigenvalue weighted by molar-refractivity contribution is -0.384. The number of nitrogens with zero attached hydrogens (tertiary/aromatic N) is 1. The summed E-state index contributed by atoms with van der Waals surface area (Å²) in [6.07, 6.45) is 0. The van der Waals surface area contributed by atoms with Crippen LogP contribution in [0.3, 0.4) is 0 Å². The fourth-order valence-corrected chi connectivity index (χ4v) is 2.23. The SMILES string of the molecule is CCS(=O)CCNCc1cc([N+](=O)[O-])ccc1OC. The summed E-state index contributed by atoms with van der Waals surface area (Å²) in [7, 11) is 0.719. The second-order valence-electron chi connectivity index (χ2n) is 3.86. The zero-order valence-corrected chi connectivity index (χ0v) is 11.9. The van der Waals surface area contributed by atoms with E-state index in [0.29, 0.717) is 30.3 Å². The number of nitrogens with one attached hydrogen (secondary N) is 1. The highest BCUT2D eigenvalue weighted by molar-refractivity contribution is 7.84. The molecule has 19 heavy (non-hydrogen) atoms. The van der Waals surface area contributed by atoms with Crippen LogP contribution in [0.25, 0.3) is 0 Å². The van der Waals surface area contributed by atoms with E-state index in [-0.39, 0.29) is 5.69 Å². The minimum atomic E-state index is -0.806. The number of non-ortho nitro benzene ring substituents is 1. The molecule has 0 aromatic heterocycles. The third kappa shape index (κ3) is 4.96. The molecule has 0 saturated carbocycles. The van der Waals surface area contributed by atoms with Crippen LogP contribution in [-0.2, 0) is 17.3 Å². The smallest absolute Gasteiger partial charge is 0.270 e. The van der Waals surface area contributed by atoms with Gasteiger partial charge in [0.15, 0.2) is 0 Å². The van der Waals surface area contributed by atoms with E-state index in [1.54, 1.807) is 6.07 Å². The molecule has 1 atom stereocenters. The summed E-state index contributed by atoms with van der Waals surface area (Å²) < 4.78 is 16.4. The average Bonchev–Trinajstić information content (AvgIpc) is 2.42. The zero-order valence-electron chi connectivity index (χ0n) is 11.0. The van der Waals surface area contributed by atoms with Gasteiger partial charge in [0.2, 0.25) is 0 Å². The molecule has 0 aliphatic carbocycles. The third-order valence-corrected chi connectivity index (χ3v) is 3.92. The van der Waals surface area contributed by atoms with Crippen molar-refractivity contribution in [3.8, 4) is 5.75 Å². The van der Waals surface area contributed by atoms with Gasteiger partial charge in [0, 0.05) is 53.1 Å². The Morgan fingerprint density at radius 2 is 2.21 bits per heavy atom. The van der Waals surface area contributed by atoms with Crippen LogP contribution < -0.4 is 10.1 Å². The normalized spacial score (nSPS) is 12.1. The number of hydrogen-bond donors (Lipinski definition) is 1. The molecule has 106 valence electrons. The van der Waals surface area contributed by atoms with E-state index in [4.69, 9.17) is 4.74 Å². The van der Waals surface area contributed by atoms with Crippen molar-refractivity contribution in [2.75, 3.05) is 25.2 Å². The van der Waals surface area contributed by atoms with Gasteiger partial charge >= 0.3 is 0 Å². The molecule has 7 heteroatoms. The number of methoxy groups -OCH3 is 1. The molecular weight excluding hydrogens is 268 g/mol. The lowest BCUT2D eigenvalue weighted by Crippen LogP contribution is -2.21. The molecule has 0 fully saturated rings. The van der Waals surface area contributed by atoms with Gasteiger partial charge in [-0.15, -0.1) is 0 Å². The van der Waals surface area contributed by atoms with E-state index >= 15 is 0 Å². The predicted molar refractivity (Wildman–Crippen MR) is 74.9 cm³/mol. The van der Waals surface area contributed by atoms with Crippen molar-refractivity contribution in [2.45, 2.75) is 13.5 Å². The van der Waals surface area contributed by atoms with Gasteiger partial charge in [-0.25, -0.2) is 0 Å². The molecule has 0 aliphatic heterocycles. The van der Waals surface area contributed by atoms with Gasteiger partial charge in [-0.3, -0.25) is 14.3 Å². The molecule has 0 spiro atoms. The highest BCUT2D eigenvalue weighted by Crippen LogP contribution is 2.23. The van der Waals surface area contributed by atoms with Gasteiger partial charge in [-0.1, -0.05) is 6.92 Å². The lowest BCUT2D eigenvalue weighted by atomic mass is 10.1. The molecule has 1 N–H and O–H groups in total. The first kappa shape index (κ1) is 15.6. The van der Waals surface area contributed by atoms with Crippen LogP contribution >= 0.6 is 0 Å². The Kier molecular flexibility index (Phi) is 6.44. The average molecular weight is 286 g/mol. The molecule has 0 amide bonds. The van der Waals surface area contributed by atoms with Gasteiger partial charge in [-0.05, 0) is 6.07 Å². The summed E-state index contributed by atoms with van der Waals surface area (Å²) in [6.45, 7) is 2.93. The first-order valence-electron chi connectivity index (χ1n) is 5.95. The zero-order chi connectivity index (χ0) is 14.3. The Morgan fingerprint density at radius 1 is 1.47 bits per heavy atom. The summed E-state index contributed by atoms with van der Waals surface area (Å²) in [5, 5.41) is 13.8. The molecule has 0 radical (unpaired) electrons. The minimum absolute atomic E-state index is 0.0368. The summed E-state index contributed by atoms with van der Waals surface area (Å²) in [4.78, 5) is 10.3. The van der Waals surface area contributed by atoms with Crippen molar-refractivity contribution < 1.29 is 13.9 Å². The molecule has 0 saturated heterocycles. The number of nitro groups is 1. The summed E-state index contributed by atoms with van der Waals surface area (Å²) in [5.74, 6) is 1.82. The Bertz CT molecular complexity index is 465. The van der Waals surface area contributed by atoms with Crippen LogP contribution in [0.4, 0.5) is 5.69 Å². The fourth-order valence-electron chi connectivity index (χ4n) is 1.57. The second-order valence-corrected chi connectivity index (χ2v) is 5.73. The van der Waals surface area contributed by atoms with Crippen molar-refractivity contribution in [1.82, 2.24) is 5.32 Å². The lowest BCUT2D eigenvalue weighted by Gasteiger charge is -2.09. The summed E-state index contributed by atoms with van der Waals surface area (Å²) >= 11 is 0. The molecule has 0 aliphatic rings. The molecule has 1 aromatic rings. The summed E-state index contributed by atoms with van der Waals surface area (Å²) in [6, 6.07) is 4.48. The van der Waals surface area contributed by atoms with Gasteiger partial charge in [0.1, 0.15) is 5.75 Å². The standard InChI is InChI=1S/C12H18N2O4S/c1-3-19(17)7-6-13-9-10-8-11(14(15)16)4-5-12(10)18-2/h4-5,8,13H,3,6-7,9H2,1-2H3. The van der Waals surface area contributed by atoms with Gasteiger partial charge in [-0.2, -0.15) is 0 Å². The topological polar surface area (TPSA) is 81.5 Å². The third-order valence-electron chi connectivity index (χ3n) is 2.62. The maximum atomic E-state index is 11.2. The molecule has 1 unspecified atom stereocenters. The first-order chi connectivity index (χ1) is 9.08. The van der Waals surface area contributed by atoms with Crippen LogP contribution in [0.2, 0.25) is 0 Å². The molecule has 0 heterocycles. The highest BCUT2D eigenvalue weighted by atomic mass is 32.2. The second kappa shape index (κ2) is 7.85.